The zero-order valence-electron chi connectivity index (χ0n) is 10.4. The van der Waals surface area contributed by atoms with Crippen LogP contribution in [0.15, 0.2) is 23.0 Å². The average Bonchev–Trinajstić information content (AvgIpc) is 3.00. The topological polar surface area (TPSA) is 39.1 Å². The van der Waals surface area contributed by atoms with Gasteiger partial charge in [0, 0.05) is 7.11 Å². The first-order valence-electron chi connectivity index (χ1n) is 5.67. The monoisotopic (exact) mass is 285 g/mol. The van der Waals surface area contributed by atoms with Crippen LogP contribution in [0.3, 0.4) is 0 Å². The highest BCUT2D eigenvalue weighted by Crippen LogP contribution is 2.29. The molecule has 2 heterocycles. The molecule has 0 amide bonds. The van der Waals surface area contributed by atoms with Gasteiger partial charge < -0.3 is 10.1 Å². The van der Waals surface area contributed by atoms with Gasteiger partial charge in [-0.05, 0) is 29.4 Å². The summed E-state index contributed by atoms with van der Waals surface area (Å²) in [4.78, 5) is 0. The van der Waals surface area contributed by atoms with Crippen molar-refractivity contribution >= 4 is 22.9 Å². The fourth-order valence-electron chi connectivity index (χ4n) is 1.92. The quantitative estimate of drug-likeness (QED) is 0.887. The zero-order valence-corrected chi connectivity index (χ0v) is 12.0. The summed E-state index contributed by atoms with van der Waals surface area (Å²) in [5.74, 6) is 0. The van der Waals surface area contributed by atoms with Crippen LogP contribution in [0, 0.1) is 0 Å². The number of halogens is 1. The Balaban J connectivity index is 2.32. The van der Waals surface area contributed by atoms with Crippen LogP contribution in [0.1, 0.15) is 17.3 Å². The molecule has 0 aliphatic heterocycles. The van der Waals surface area contributed by atoms with E-state index in [9.17, 15) is 0 Å². The first-order valence-corrected chi connectivity index (χ1v) is 6.99. The van der Waals surface area contributed by atoms with Gasteiger partial charge in [-0.1, -0.05) is 11.6 Å². The molecule has 98 valence electrons. The molecule has 1 atom stereocenters. The van der Waals surface area contributed by atoms with Crippen molar-refractivity contribution in [2.75, 3.05) is 20.8 Å². The summed E-state index contributed by atoms with van der Waals surface area (Å²) in [5.41, 5.74) is 2.18. The molecule has 2 aromatic rings. The van der Waals surface area contributed by atoms with Gasteiger partial charge >= 0.3 is 0 Å². The van der Waals surface area contributed by atoms with E-state index in [4.69, 9.17) is 16.3 Å². The van der Waals surface area contributed by atoms with Gasteiger partial charge in [-0.15, -0.1) is 0 Å². The van der Waals surface area contributed by atoms with Crippen molar-refractivity contribution in [1.82, 2.24) is 15.1 Å². The van der Waals surface area contributed by atoms with Crippen LogP contribution >= 0.6 is 22.9 Å². The third-order valence-electron chi connectivity index (χ3n) is 2.78. The van der Waals surface area contributed by atoms with E-state index >= 15 is 0 Å². The molecule has 0 spiro atoms. The molecule has 4 nitrogen and oxygen atoms in total. The third kappa shape index (κ3) is 2.75. The SMILES string of the molecule is CNC(c1ccsc1)c1c(Cl)cnn1CCOC. The lowest BCUT2D eigenvalue weighted by Crippen LogP contribution is -2.22. The standard InChI is InChI=1S/C12H16ClN3OS/c1-14-11(9-3-6-18-8-9)12-10(13)7-15-16(12)4-5-17-2/h3,6-8,11,14H,4-5H2,1-2H3. The Labute approximate surface area is 116 Å². The highest BCUT2D eigenvalue weighted by atomic mass is 35.5. The largest absolute Gasteiger partial charge is 0.383 e. The second kappa shape index (κ2) is 6.33. The number of hydrogen-bond donors (Lipinski definition) is 1. The molecule has 0 aliphatic rings. The Morgan fingerprint density at radius 2 is 2.44 bits per heavy atom. The molecular formula is C12H16ClN3OS. The molecule has 2 rings (SSSR count). The number of nitrogens with zero attached hydrogens (tertiary/aromatic N) is 2. The van der Waals surface area contributed by atoms with Gasteiger partial charge in [0.25, 0.3) is 0 Å². The minimum atomic E-state index is 0.0584. The summed E-state index contributed by atoms with van der Waals surface area (Å²) < 4.78 is 6.99. The van der Waals surface area contributed by atoms with E-state index in [2.05, 4.69) is 27.2 Å². The van der Waals surface area contributed by atoms with Gasteiger partial charge in [0.2, 0.25) is 0 Å². The van der Waals surface area contributed by atoms with Gasteiger partial charge in [0.05, 0.1) is 36.1 Å². The predicted octanol–water partition coefficient (Wildman–Crippen LogP) is 2.55. The maximum absolute atomic E-state index is 6.25. The van der Waals surface area contributed by atoms with Crippen molar-refractivity contribution in [3.05, 3.63) is 39.3 Å². The molecule has 1 N–H and O–H groups in total. The van der Waals surface area contributed by atoms with E-state index in [1.165, 1.54) is 5.56 Å². The first kappa shape index (κ1) is 13.5. The molecular weight excluding hydrogens is 270 g/mol. The van der Waals surface area contributed by atoms with E-state index in [1.807, 2.05) is 11.7 Å². The highest BCUT2D eigenvalue weighted by molar-refractivity contribution is 7.08. The molecule has 0 aromatic carbocycles. The lowest BCUT2D eigenvalue weighted by molar-refractivity contribution is 0.182. The molecule has 18 heavy (non-hydrogen) atoms. The molecule has 0 saturated heterocycles. The molecule has 0 bridgehead atoms. The Kier molecular flexibility index (Phi) is 4.77. The number of aromatic nitrogens is 2. The van der Waals surface area contributed by atoms with Crippen LogP contribution in [0.4, 0.5) is 0 Å². The lowest BCUT2D eigenvalue weighted by Gasteiger charge is -2.17. The minimum Gasteiger partial charge on any atom is -0.383 e. The van der Waals surface area contributed by atoms with Crippen molar-refractivity contribution in [1.29, 1.82) is 0 Å². The molecule has 2 aromatic heterocycles. The van der Waals surface area contributed by atoms with E-state index in [0.717, 1.165) is 5.69 Å². The van der Waals surface area contributed by atoms with Crippen LogP contribution < -0.4 is 5.32 Å². The number of ether oxygens (including phenoxy) is 1. The summed E-state index contributed by atoms with van der Waals surface area (Å²) >= 11 is 7.93. The lowest BCUT2D eigenvalue weighted by atomic mass is 10.1. The van der Waals surface area contributed by atoms with Crippen molar-refractivity contribution < 1.29 is 4.74 Å². The summed E-state index contributed by atoms with van der Waals surface area (Å²) in [5, 5.41) is 12.4. The van der Waals surface area contributed by atoms with Crippen LogP contribution in [-0.4, -0.2) is 30.5 Å². The number of methoxy groups -OCH3 is 1. The van der Waals surface area contributed by atoms with Crippen molar-refractivity contribution in [2.24, 2.45) is 0 Å². The average molecular weight is 286 g/mol. The van der Waals surface area contributed by atoms with Gasteiger partial charge in [-0.3, -0.25) is 4.68 Å². The molecule has 0 aliphatic carbocycles. The van der Waals surface area contributed by atoms with Crippen LogP contribution in [-0.2, 0) is 11.3 Å². The summed E-state index contributed by atoms with van der Waals surface area (Å²) in [6.45, 7) is 1.31. The van der Waals surface area contributed by atoms with E-state index in [0.29, 0.717) is 18.2 Å². The number of rotatable bonds is 6. The van der Waals surface area contributed by atoms with Crippen LogP contribution in [0.2, 0.25) is 5.02 Å². The summed E-state index contributed by atoms with van der Waals surface area (Å²) in [6.07, 6.45) is 1.68. The molecule has 0 fully saturated rings. The molecule has 6 heteroatoms. The van der Waals surface area contributed by atoms with E-state index < -0.39 is 0 Å². The molecule has 0 radical (unpaired) electrons. The predicted molar refractivity (Wildman–Crippen MR) is 74.3 cm³/mol. The number of hydrogen-bond acceptors (Lipinski definition) is 4. The van der Waals surface area contributed by atoms with Crippen LogP contribution in [0.5, 0.6) is 0 Å². The van der Waals surface area contributed by atoms with Gasteiger partial charge in [-0.2, -0.15) is 16.4 Å². The second-order valence-electron chi connectivity index (χ2n) is 3.87. The zero-order chi connectivity index (χ0) is 13.0. The van der Waals surface area contributed by atoms with E-state index in [-0.39, 0.29) is 6.04 Å². The Hall–Kier alpha value is -0.880. The Bertz CT molecular complexity index is 483. The Morgan fingerprint density at radius 3 is 3.06 bits per heavy atom. The summed E-state index contributed by atoms with van der Waals surface area (Å²) in [6, 6.07) is 2.15. The fraction of sp³-hybridized carbons (Fsp3) is 0.417. The van der Waals surface area contributed by atoms with Crippen molar-refractivity contribution in [2.45, 2.75) is 12.6 Å². The van der Waals surface area contributed by atoms with Crippen LogP contribution in [0.25, 0.3) is 0 Å². The van der Waals surface area contributed by atoms with Gasteiger partial charge in [0.15, 0.2) is 0 Å². The molecule has 0 saturated carbocycles. The number of thiophene rings is 1. The van der Waals surface area contributed by atoms with Gasteiger partial charge in [-0.25, -0.2) is 0 Å². The second-order valence-corrected chi connectivity index (χ2v) is 5.06. The van der Waals surface area contributed by atoms with Crippen molar-refractivity contribution in [3.63, 3.8) is 0 Å². The minimum absolute atomic E-state index is 0.0584. The Morgan fingerprint density at radius 1 is 1.61 bits per heavy atom. The highest BCUT2D eigenvalue weighted by Gasteiger charge is 2.20. The van der Waals surface area contributed by atoms with E-state index in [1.54, 1.807) is 24.6 Å². The third-order valence-corrected chi connectivity index (χ3v) is 3.77. The molecule has 1 unspecified atom stereocenters. The smallest absolute Gasteiger partial charge is 0.0837 e. The summed E-state index contributed by atoms with van der Waals surface area (Å²) in [7, 11) is 3.60. The maximum atomic E-state index is 6.25. The van der Waals surface area contributed by atoms with Gasteiger partial charge in [0.1, 0.15) is 0 Å². The van der Waals surface area contributed by atoms with Crippen molar-refractivity contribution in [3.8, 4) is 0 Å². The number of nitrogens with one attached hydrogen (secondary N) is 1. The first-order chi connectivity index (χ1) is 8.77. The normalized spacial score (nSPS) is 12.8. The maximum Gasteiger partial charge on any atom is 0.0837 e. The fourth-order valence-corrected chi connectivity index (χ4v) is 2.85.